The van der Waals surface area contributed by atoms with Crippen LogP contribution < -0.4 is 0 Å². The third kappa shape index (κ3) is 51.0. The van der Waals surface area contributed by atoms with Gasteiger partial charge in [-0.3, -0.25) is 4.79 Å². The SMILES string of the molecule is CCCCCCCCCCCCOCCOCCOCCOCCOCCOCCOCCOCCOCCOCCOCCOC(=O)CCCCCCCC. The number of esters is 1. The molecule has 0 aliphatic carbocycles. The Kier molecular flexibility index (Phi) is 51.1. The van der Waals surface area contributed by atoms with E-state index in [1.807, 2.05) is 0 Å². The van der Waals surface area contributed by atoms with E-state index in [1.165, 1.54) is 83.5 Å². The van der Waals surface area contributed by atoms with Crippen molar-refractivity contribution in [2.45, 2.75) is 123 Å². The molecule has 0 rings (SSSR count). The predicted molar refractivity (Wildman–Crippen MR) is 220 cm³/mol. The molecule has 56 heavy (non-hydrogen) atoms. The van der Waals surface area contributed by atoms with Crippen molar-refractivity contribution in [1.29, 1.82) is 0 Å². The van der Waals surface area contributed by atoms with E-state index in [0.717, 1.165) is 25.9 Å². The molecular weight excluding hydrogens is 724 g/mol. The first-order valence-corrected chi connectivity index (χ1v) is 22.3. The summed E-state index contributed by atoms with van der Waals surface area (Å²) >= 11 is 0. The zero-order valence-electron chi connectivity index (χ0n) is 36.1. The van der Waals surface area contributed by atoms with Crippen molar-refractivity contribution >= 4 is 5.97 Å². The molecular formula is C43H86O13. The number of carbonyl (C=O) groups excluding carboxylic acids is 1. The van der Waals surface area contributed by atoms with Gasteiger partial charge in [0.1, 0.15) is 6.61 Å². The van der Waals surface area contributed by atoms with Gasteiger partial charge in [-0.05, 0) is 12.8 Å². The fourth-order valence-corrected chi connectivity index (χ4v) is 5.33. The third-order valence-corrected chi connectivity index (χ3v) is 8.59. The molecule has 0 unspecified atom stereocenters. The highest BCUT2D eigenvalue weighted by Gasteiger charge is 2.03. The van der Waals surface area contributed by atoms with Crippen LogP contribution in [0.15, 0.2) is 0 Å². The number of unbranched alkanes of at least 4 members (excludes halogenated alkanes) is 14. The molecule has 13 heteroatoms. The van der Waals surface area contributed by atoms with Crippen molar-refractivity contribution in [2.75, 3.05) is 152 Å². The average Bonchev–Trinajstić information content (AvgIpc) is 3.20. The van der Waals surface area contributed by atoms with Crippen LogP contribution in [0.2, 0.25) is 0 Å². The molecule has 336 valence electrons. The number of carbonyl (C=O) groups is 1. The molecule has 0 aromatic carbocycles. The zero-order valence-corrected chi connectivity index (χ0v) is 36.1. The molecule has 0 amide bonds. The summed E-state index contributed by atoms with van der Waals surface area (Å²) in [6, 6.07) is 0. The van der Waals surface area contributed by atoms with Crippen LogP contribution in [0, 0.1) is 0 Å². The van der Waals surface area contributed by atoms with E-state index in [2.05, 4.69) is 13.8 Å². The summed E-state index contributed by atoms with van der Waals surface area (Å²) in [6.07, 6.45) is 20.8. The van der Waals surface area contributed by atoms with E-state index in [0.29, 0.717) is 145 Å². The molecule has 0 radical (unpaired) electrons. The minimum atomic E-state index is -0.142. The van der Waals surface area contributed by atoms with Gasteiger partial charge in [0.2, 0.25) is 0 Å². The van der Waals surface area contributed by atoms with Crippen LogP contribution in [0.25, 0.3) is 0 Å². The fourth-order valence-electron chi connectivity index (χ4n) is 5.33. The average molecular weight is 811 g/mol. The van der Waals surface area contributed by atoms with E-state index < -0.39 is 0 Å². The van der Waals surface area contributed by atoms with E-state index in [4.69, 9.17) is 56.8 Å². The molecule has 13 nitrogen and oxygen atoms in total. The van der Waals surface area contributed by atoms with Crippen molar-refractivity contribution in [3.8, 4) is 0 Å². The van der Waals surface area contributed by atoms with E-state index in [9.17, 15) is 4.79 Å². The van der Waals surface area contributed by atoms with Gasteiger partial charge in [0.15, 0.2) is 0 Å². The van der Waals surface area contributed by atoms with Crippen LogP contribution >= 0.6 is 0 Å². The third-order valence-electron chi connectivity index (χ3n) is 8.59. The first kappa shape index (κ1) is 55.0. The first-order chi connectivity index (χ1) is 27.8. The Hall–Kier alpha value is -0.970. The maximum absolute atomic E-state index is 11.7. The highest BCUT2D eigenvalue weighted by Crippen LogP contribution is 2.10. The monoisotopic (exact) mass is 811 g/mol. The predicted octanol–water partition coefficient (Wildman–Crippen LogP) is 7.38. The molecule has 0 N–H and O–H groups in total. The lowest BCUT2D eigenvalue weighted by atomic mass is 10.1. The molecule has 0 aromatic heterocycles. The number of ether oxygens (including phenoxy) is 12. The van der Waals surface area contributed by atoms with Crippen LogP contribution in [-0.2, 0) is 61.6 Å². The second kappa shape index (κ2) is 52.0. The van der Waals surface area contributed by atoms with Crippen LogP contribution in [-0.4, -0.2) is 158 Å². The normalized spacial score (nSPS) is 11.5. The Morgan fingerprint density at radius 1 is 0.250 bits per heavy atom. The lowest BCUT2D eigenvalue weighted by Crippen LogP contribution is -2.15. The summed E-state index contributed by atoms with van der Waals surface area (Å²) in [6.45, 7) is 16.4. The molecule has 0 saturated heterocycles. The van der Waals surface area contributed by atoms with Crippen LogP contribution in [0.3, 0.4) is 0 Å². The smallest absolute Gasteiger partial charge is 0.305 e. The summed E-state index contributed by atoms with van der Waals surface area (Å²) in [5, 5.41) is 0. The van der Waals surface area contributed by atoms with Gasteiger partial charge in [0, 0.05) is 13.0 Å². The van der Waals surface area contributed by atoms with Crippen molar-refractivity contribution in [1.82, 2.24) is 0 Å². The van der Waals surface area contributed by atoms with Crippen molar-refractivity contribution in [3.63, 3.8) is 0 Å². The Labute approximate surface area is 342 Å². The summed E-state index contributed by atoms with van der Waals surface area (Å²) in [5.74, 6) is -0.142. The largest absolute Gasteiger partial charge is 0.463 e. The molecule has 0 bridgehead atoms. The lowest BCUT2D eigenvalue weighted by Gasteiger charge is -2.09. The Morgan fingerprint density at radius 2 is 0.464 bits per heavy atom. The van der Waals surface area contributed by atoms with Gasteiger partial charge in [-0.15, -0.1) is 0 Å². The second-order valence-electron chi connectivity index (χ2n) is 13.7. The molecule has 0 saturated carbocycles. The Balaban J connectivity index is 3.09. The summed E-state index contributed by atoms with van der Waals surface area (Å²) in [7, 11) is 0. The fraction of sp³-hybridized carbons (Fsp3) is 0.977. The van der Waals surface area contributed by atoms with Gasteiger partial charge >= 0.3 is 5.97 Å². The van der Waals surface area contributed by atoms with Gasteiger partial charge in [-0.1, -0.05) is 104 Å². The van der Waals surface area contributed by atoms with Crippen molar-refractivity contribution < 1.29 is 61.6 Å². The molecule has 0 spiro atoms. The number of rotatable bonds is 51. The summed E-state index contributed by atoms with van der Waals surface area (Å²) in [4.78, 5) is 11.7. The molecule has 0 fully saturated rings. The molecule has 0 aromatic rings. The topological polar surface area (TPSA) is 128 Å². The maximum atomic E-state index is 11.7. The van der Waals surface area contributed by atoms with E-state index >= 15 is 0 Å². The summed E-state index contributed by atoms with van der Waals surface area (Å²) in [5.41, 5.74) is 0. The standard InChI is InChI=1S/C43H86O13/c1-3-5-7-9-11-12-13-14-16-18-20-45-21-22-46-23-24-47-25-26-48-27-28-49-29-30-50-31-32-51-33-34-52-35-36-53-37-38-54-39-40-55-41-42-56-43(44)19-17-15-10-8-6-4-2/h3-42H2,1-2H3. The highest BCUT2D eigenvalue weighted by molar-refractivity contribution is 5.69. The minimum absolute atomic E-state index is 0.142. The molecule has 0 aliphatic rings. The number of hydrogen-bond donors (Lipinski definition) is 0. The van der Waals surface area contributed by atoms with Gasteiger partial charge in [-0.25, -0.2) is 0 Å². The molecule has 0 heterocycles. The van der Waals surface area contributed by atoms with Crippen molar-refractivity contribution in [3.05, 3.63) is 0 Å². The van der Waals surface area contributed by atoms with Gasteiger partial charge < -0.3 is 56.8 Å². The Bertz CT molecular complexity index is 719. The van der Waals surface area contributed by atoms with Gasteiger partial charge in [-0.2, -0.15) is 0 Å². The van der Waals surface area contributed by atoms with Gasteiger partial charge in [0.25, 0.3) is 0 Å². The first-order valence-electron chi connectivity index (χ1n) is 22.3. The lowest BCUT2D eigenvalue weighted by molar-refractivity contribution is -0.145. The van der Waals surface area contributed by atoms with Crippen molar-refractivity contribution in [2.24, 2.45) is 0 Å². The quantitative estimate of drug-likeness (QED) is 0.0448. The van der Waals surface area contributed by atoms with Gasteiger partial charge in [0.05, 0.1) is 139 Å². The minimum Gasteiger partial charge on any atom is -0.463 e. The molecule has 0 atom stereocenters. The van der Waals surface area contributed by atoms with Crippen LogP contribution in [0.1, 0.15) is 123 Å². The molecule has 0 aliphatic heterocycles. The number of hydrogen-bond acceptors (Lipinski definition) is 13. The van der Waals surface area contributed by atoms with E-state index in [1.54, 1.807) is 0 Å². The van der Waals surface area contributed by atoms with Crippen LogP contribution in [0.5, 0.6) is 0 Å². The summed E-state index contributed by atoms with van der Waals surface area (Å²) < 4.78 is 65.9. The van der Waals surface area contributed by atoms with Crippen LogP contribution in [0.4, 0.5) is 0 Å². The van der Waals surface area contributed by atoms with E-state index in [-0.39, 0.29) is 12.6 Å². The second-order valence-corrected chi connectivity index (χ2v) is 13.7. The maximum Gasteiger partial charge on any atom is 0.305 e. The zero-order chi connectivity index (χ0) is 40.3. The highest BCUT2D eigenvalue weighted by atomic mass is 16.6. The Morgan fingerprint density at radius 3 is 0.750 bits per heavy atom.